The second-order valence-electron chi connectivity index (χ2n) is 8.11. The Morgan fingerprint density at radius 2 is 1.82 bits per heavy atom. The van der Waals surface area contributed by atoms with Gasteiger partial charge in [0.1, 0.15) is 5.82 Å². The fraction of sp³-hybridized carbons (Fsp3) is 0.476. The minimum atomic E-state index is -0.258. The first kappa shape index (κ1) is 22.0. The Morgan fingerprint density at radius 3 is 2.32 bits per heavy atom. The van der Waals surface area contributed by atoms with Gasteiger partial charge in [-0.05, 0) is 31.2 Å². The average Bonchev–Trinajstić information content (AvgIpc) is 3.03. The van der Waals surface area contributed by atoms with Crippen LogP contribution in [-0.2, 0) is 15.0 Å². The quantitative estimate of drug-likeness (QED) is 0.781. The van der Waals surface area contributed by atoms with Gasteiger partial charge in [-0.25, -0.2) is 4.68 Å². The fourth-order valence-corrected chi connectivity index (χ4v) is 2.81. The van der Waals surface area contributed by atoms with Crippen LogP contribution >= 0.6 is 11.6 Å². The Bertz CT molecular complexity index is 835. The van der Waals surface area contributed by atoms with E-state index in [-0.39, 0.29) is 29.7 Å². The minimum Gasteiger partial charge on any atom is -0.333 e. The van der Waals surface area contributed by atoms with E-state index in [9.17, 15) is 9.59 Å². The van der Waals surface area contributed by atoms with Gasteiger partial charge in [0.15, 0.2) is 0 Å². The van der Waals surface area contributed by atoms with Gasteiger partial charge in [0.2, 0.25) is 11.8 Å². The molecule has 0 atom stereocenters. The van der Waals surface area contributed by atoms with Crippen molar-refractivity contribution in [3.63, 3.8) is 0 Å². The van der Waals surface area contributed by atoms with Crippen LogP contribution in [0.15, 0.2) is 30.3 Å². The third-order valence-electron chi connectivity index (χ3n) is 4.34. The van der Waals surface area contributed by atoms with Gasteiger partial charge in [0, 0.05) is 29.0 Å². The summed E-state index contributed by atoms with van der Waals surface area (Å²) in [5.41, 5.74) is 1.46. The lowest BCUT2D eigenvalue weighted by atomic mass is 9.92. The first-order valence-electron chi connectivity index (χ1n) is 9.48. The Hall–Kier alpha value is -2.34. The molecule has 0 fully saturated rings. The maximum absolute atomic E-state index is 12.6. The molecule has 152 valence electrons. The molecule has 2 amide bonds. The van der Waals surface area contributed by atoms with Gasteiger partial charge >= 0.3 is 0 Å². The molecule has 0 aliphatic rings. The third-order valence-corrected chi connectivity index (χ3v) is 4.59. The van der Waals surface area contributed by atoms with Crippen molar-refractivity contribution in [3.05, 3.63) is 41.0 Å². The molecule has 0 radical (unpaired) electrons. The van der Waals surface area contributed by atoms with Crippen molar-refractivity contribution in [3.8, 4) is 5.69 Å². The van der Waals surface area contributed by atoms with E-state index in [1.807, 2.05) is 39.0 Å². The van der Waals surface area contributed by atoms with Crippen molar-refractivity contribution in [2.45, 2.75) is 47.0 Å². The monoisotopic (exact) mass is 404 g/mol. The SMILES string of the molecule is CCN(CC(=O)Nc1cc(C(C)(C)C)nn1-c1ccc(Cl)cc1)C(=O)C(C)C. The van der Waals surface area contributed by atoms with Crippen molar-refractivity contribution in [2.75, 3.05) is 18.4 Å². The zero-order valence-electron chi connectivity index (χ0n) is 17.4. The van der Waals surface area contributed by atoms with Crippen LogP contribution in [0.5, 0.6) is 0 Å². The van der Waals surface area contributed by atoms with Crippen molar-refractivity contribution >= 4 is 29.2 Å². The fourth-order valence-electron chi connectivity index (χ4n) is 2.68. The summed E-state index contributed by atoms with van der Waals surface area (Å²) < 4.78 is 1.69. The highest BCUT2D eigenvalue weighted by Crippen LogP contribution is 2.26. The molecule has 1 aromatic heterocycles. The zero-order valence-corrected chi connectivity index (χ0v) is 18.2. The second kappa shape index (κ2) is 8.78. The number of carbonyl (C=O) groups excluding carboxylic acids is 2. The van der Waals surface area contributed by atoms with Gasteiger partial charge < -0.3 is 10.2 Å². The Morgan fingerprint density at radius 1 is 1.21 bits per heavy atom. The summed E-state index contributed by atoms with van der Waals surface area (Å²) >= 11 is 5.99. The van der Waals surface area contributed by atoms with Crippen LogP contribution in [0.2, 0.25) is 5.02 Å². The molecule has 0 saturated carbocycles. The molecular weight excluding hydrogens is 376 g/mol. The first-order valence-corrected chi connectivity index (χ1v) is 9.85. The molecule has 7 heteroatoms. The Kier molecular flexibility index (Phi) is 6.88. The number of hydrogen-bond acceptors (Lipinski definition) is 3. The van der Waals surface area contributed by atoms with Crippen LogP contribution < -0.4 is 5.32 Å². The van der Waals surface area contributed by atoms with E-state index >= 15 is 0 Å². The van der Waals surface area contributed by atoms with Crippen LogP contribution in [-0.4, -0.2) is 39.6 Å². The van der Waals surface area contributed by atoms with Crippen molar-refractivity contribution in [2.24, 2.45) is 5.92 Å². The van der Waals surface area contributed by atoms with E-state index in [0.29, 0.717) is 17.4 Å². The van der Waals surface area contributed by atoms with Crippen LogP contribution in [0.4, 0.5) is 5.82 Å². The highest BCUT2D eigenvalue weighted by molar-refractivity contribution is 6.30. The van der Waals surface area contributed by atoms with Crippen LogP contribution in [0.1, 0.15) is 47.2 Å². The van der Waals surface area contributed by atoms with E-state index in [4.69, 9.17) is 11.6 Å². The van der Waals surface area contributed by atoms with Gasteiger partial charge in [0.05, 0.1) is 17.9 Å². The standard InChI is InChI=1S/C21H29ClN4O2/c1-7-25(20(28)14(2)3)13-19(27)23-18-12-17(21(4,5)6)24-26(18)16-10-8-15(22)9-11-16/h8-12,14H,7,13H2,1-6H3,(H,23,27). The largest absolute Gasteiger partial charge is 0.333 e. The number of carbonyl (C=O) groups is 2. The van der Waals surface area contributed by atoms with Gasteiger partial charge in [-0.15, -0.1) is 0 Å². The zero-order chi connectivity index (χ0) is 21.1. The molecule has 0 aliphatic heterocycles. The number of rotatable bonds is 6. The van der Waals surface area contributed by atoms with Crippen LogP contribution in [0.25, 0.3) is 5.69 Å². The summed E-state index contributed by atoms with van der Waals surface area (Å²) in [7, 11) is 0. The van der Waals surface area contributed by atoms with E-state index in [0.717, 1.165) is 11.4 Å². The number of likely N-dealkylation sites (N-methyl/N-ethyl adjacent to an activating group) is 1. The first-order chi connectivity index (χ1) is 13.0. The molecule has 2 aromatic rings. The van der Waals surface area contributed by atoms with E-state index < -0.39 is 0 Å². The maximum Gasteiger partial charge on any atom is 0.245 e. The van der Waals surface area contributed by atoms with Crippen LogP contribution in [0.3, 0.4) is 0 Å². The molecule has 0 spiro atoms. The number of benzene rings is 1. The Balaban J connectivity index is 2.30. The predicted octanol–water partition coefficient (Wildman–Crippen LogP) is 4.27. The van der Waals surface area contributed by atoms with E-state index in [1.165, 1.54) is 0 Å². The highest BCUT2D eigenvalue weighted by atomic mass is 35.5. The summed E-state index contributed by atoms with van der Waals surface area (Å²) in [6.45, 7) is 12.2. The van der Waals surface area contributed by atoms with Crippen molar-refractivity contribution in [1.82, 2.24) is 14.7 Å². The summed E-state index contributed by atoms with van der Waals surface area (Å²) in [5, 5.41) is 8.21. The molecule has 0 bridgehead atoms. The number of nitrogens with zero attached hydrogens (tertiary/aromatic N) is 3. The molecule has 0 unspecified atom stereocenters. The summed E-state index contributed by atoms with van der Waals surface area (Å²) in [4.78, 5) is 26.4. The number of hydrogen-bond donors (Lipinski definition) is 1. The highest BCUT2D eigenvalue weighted by Gasteiger charge is 2.23. The average molecular weight is 405 g/mol. The van der Waals surface area contributed by atoms with Gasteiger partial charge in [-0.3, -0.25) is 9.59 Å². The van der Waals surface area contributed by atoms with Gasteiger partial charge in [-0.2, -0.15) is 5.10 Å². The molecular formula is C21H29ClN4O2. The second-order valence-corrected chi connectivity index (χ2v) is 8.54. The number of aromatic nitrogens is 2. The lowest BCUT2D eigenvalue weighted by Gasteiger charge is -2.22. The third kappa shape index (κ3) is 5.35. The topological polar surface area (TPSA) is 67.2 Å². The summed E-state index contributed by atoms with van der Waals surface area (Å²) in [6.07, 6.45) is 0. The lowest BCUT2D eigenvalue weighted by Crippen LogP contribution is -2.40. The molecule has 1 aromatic carbocycles. The number of halogens is 1. The molecule has 1 heterocycles. The van der Waals surface area contributed by atoms with Crippen molar-refractivity contribution < 1.29 is 9.59 Å². The lowest BCUT2D eigenvalue weighted by molar-refractivity contribution is -0.137. The minimum absolute atomic E-state index is 0.00413. The maximum atomic E-state index is 12.6. The van der Waals surface area contributed by atoms with E-state index in [2.05, 4.69) is 31.2 Å². The number of anilines is 1. The smallest absolute Gasteiger partial charge is 0.245 e. The van der Waals surface area contributed by atoms with Crippen LogP contribution in [0, 0.1) is 5.92 Å². The van der Waals surface area contributed by atoms with E-state index in [1.54, 1.807) is 21.7 Å². The molecule has 1 N–H and O–H groups in total. The van der Waals surface area contributed by atoms with Gasteiger partial charge in [-0.1, -0.05) is 46.2 Å². The molecule has 0 aliphatic carbocycles. The molecule has 6 nitrogen and oxygen atoms in total. The predicted molar refractivity (Wildman–Crippen MR) is 113 cm³/mol. The summed E-state index contributed by atoms with van der Waals surface area (Å²) in [6, 6.07) is 9.12. The normalized spacial score (nSPS) is 11.6. The molecule has 2 rings (SSSR count). The van der Waals surface area contributed by atoms with Crippen molar-refractivity contribution in [1.29, 1.82) is 0 Å². The molecule has 0 saturated heterocycles. The molecule has 28 heavy (non-hydrogen) atoms. The number of nitrogens with one attached hydrogen (secondary N) is 1. The summed E-state index contributed by atoms with van der Waals surface area (Å²) in [5.74, 6) is 0.107. The Labute approximate surface area is 171 Å². The van der Waals surface area contributed by atoms with Gasteiger partial charge in [0.25, 0.3) is 0 Å². The number of amides is 2.